The first-order valence-electron chi connectivity index (χ1n) is 21.4. The molecule has 3 aliphatic heterocycles. The van der Waals surface area contributed by atoms with Gasteiger partial charge in [0.2, 0.25) is 27.7 Å². The van der Waals surface area contributed by atoms with Crippen LogP contribution in [0.2, 0.25) is 0 Å². The van der Waals surface area contributed by atoms with Crippen LogP contribution in [0.15, 0.2) is 54.7 Å². The number of carbonyl (C=O) groups is 4. The van der Waals surface area contributed by atoms with Gasteiger partial charge in [0.1, 0.15) is 17.6 Å². The molecular weight excluding hydrogens is 771 g/mol. The SMILES string of the molecule is COc1ccc2c(O[C@@H]3C[C@H]4C(=O)C[C@]5(C(=O)NS(=O)(=O)C6CC6)C[C@H]5/C=C\CCCCC[C@H](CC(=O)N5CCCCC5)C(=O)N4C3)cc(-c3ccccn3)nc2c1C. The second-order valence-corrected chi connectivity index (χ2v) is 19.1. The van der Waals surface area contributed by atoms with Crippen LogP contribution < -0.4 is 14.2 Å². The van der Waals surface area contributed by atoms with E-state index in [-0.39, 0.29) is 49.3 Å². The first-order chi connectivity index (χ1) is 28.5. The van der Waals surface area contributed by atoms with Gasteiger partial charge in [-0.2, -0.15) is 0 Å². The zero-order valence-corrected chi connectivity index (χ0v) is 34.9. The maximum Gasteiger partial charge on any atom is 0.240 e. The Balaban J connectivity index is 1.13. The van der Waals surface area contributed by atoms with Crippen LogP contribution in [0.25, 0.3) is 22.3 Å². The summed E-state index contributed by atoms with van der Waals surface area (Å²) >= 11 is 0. The van der Waals surface area contributed by atoms with Gasteiger partial charge in [0, 0.05) is 61.5 Å². The number of allylic oxidation sites excluding steroid dienone is 2. The zero-order valence-electron chi connectivity index (χ0n) is 34.1. The molecule has 5 aliphatic rings. The van der Waals surface area contributed by atoms with Crippen molar-refractivity contribution in [3.63, 3.8) is 0 Å². The highest BCUT2D eigenvalue weighted by Gasteiger charge is 2.61. The Labute approximate surface area is 346 Å². The van der Waals surface area contributed by atoms with Gasteiger partial charge in [0.15, 0.2) is 5.78 Å². The Hall–Kier alpha value is -4.85. The first kappa shape index (κ1) is 40.9. The molecular formula is C45H55N5O8S. The minimum Gasteiger partial charge on any atom is -0.496 e. The summed E-state index contributed by atoms with van der Waals surface area (Å²) in [6.45, 7) is 3.39. The molecule has 3 aromatic rings. The van der Waals surface area contributed by atoms with Crippen LogP contribution in [0.5, 0.6) is 11.5 Å². The summed E-state index contributed by atoms with van der Waals surface area (Å²) < 4.78 is 40.8. The highest BCUT2D eigenvalue weighted by atomic mass is 32.2. The van der Waals surface area contributed by atoms with Crippen molar-refractivity contribution in [2.24, 2.45) is 17.3 Å². The number of Topliss-reactive ketones (excluding diaryl/α,β-unsaturated/α-hetero) is 1. The van der Waals surface area contributed by atoms with E-state index < -0.39 is 44.7 Å². The van der Waals surface area contributed by atoms with Gasteiger partial charge >= 0.3 is 0 Å². The molecule has 0 bridgehead atoms. The van der Waals surface area contributed by atoms with Crippen molar-refractivity contribution in [1.29, 1.82) is 0 Å². The number of hydrogen-bond acceptors (Lipinski definition) is 10. The summed E-state index contributed by atoms with van der Waals surface area (Å²) in [5.74, 6) is -1.01. The number of likely N-dealkylation sites (tertiary alicyclic amines) is 1. The minimum atomic E-state index is -3.85. The summed E-state index contributed by atoms with van der Waals surface area (Å²) in [5, 5.41) is 0.140. The third-order valence-electron chi connectivity index (χ3n) is 13.0. The Morgan fingerprint density at radius 2 is 1.76 bits per heavy atom. The van der Waals surface area contributed by atoms with E-state index in [1.165, 1.54) is 0 Å². The van der Waals surface area contributed by atoms with E-state index >= 15 is 0 Å². The Kier molecular flexibility index (Phi) is 11.8. The molecule has 4 fully saturated rings. The van der Waals surface area contributed by atoms with Crippen molar-refractivity contribution < 1.29 is 37.1 Å². The molecule has 2 aliphatic carbocycles. The lowest BCUT2D eigenvalue weighted by Gasteiger charge is -2.31. The van der Waals surface area contributed by atoms with Gasteiger partial charge in [0.05, 0.1) is 47.3 Å². The number of aromatic nitrogens is 2. The summed E-state index contributed by atoms with van der Waals surface area (Å²) in [4.78, 5) is 70.3. The number of aryl methyl sites for hydroxylation is 1. The van der Waals surface area contributed by atoms with Crippen LogP contribution in [0.4, 0.5) is 0 Å². The predicted molar refractivity (Wildman–Crippen MR) is 222 cm³/mol. The largest absolute Gasteiger partial charge is 0.496 e. The molecule has 0 unspecified atom stereocenters. The third-order valence-corrected chi connectivity index (χ3v) is 14.9. The van der Waals surface area contributed by atoms with Gasteiger partial charge in [-0.05, 0) is 94.9 Å². The highest BCUT2D eigenvalue weighted by Crippen LogP contribution is 2.57. The summed E-state index contributed by atoms with van der Waals surface area (Å²) in [6, 6.07) is 10.2. The molecule has 2 aromatic heterocycles. The van der Waals surface area contributed by atoms with E-state index in [1.54, 1.807) is 18.2 Å². The predicted octanol–water partition coefficient (Wildman–Crippen LogP) is 6.08. The number of fused-ring (bicyclic) bond motifs is 3. The molecule has 0 spiro atoms. The van der Waals surface area contributed by atoms with Crippen LogP contribution in [0, 0.1) is 24.2 Å². The van der Waals surface area contributed by atoms with Crippen molar-refractivity contribution in [2.45, 2.75) is 114 Å². The van der Waals surface area contributed by atoms with E-state index in [9.17, 15) is 27.6 Å². The van der Waals surface area contributed by atoms with Crippen LogP contribution >= 0.6 is 0 Å². The number of ether oxygens (including phenoxy) is 2. The number of methoxy groups -OCH3 is 1. The van der Waals surface area contributed by atoms with Crippen molar-refractivity contribution in [2.75, 3.05) is 26.7 Å². The number of nitrogens with zero attached hydrogens (tertiary/aromatic N) is 4. The average molecular weight is 826 g/mol. The summed E-state index contributed by atoms with van der Waals surface area (Å²) in [7, 11) is -2.24. The van der Waals surface area contributed by atoms with Crippen molar-refractivity contribution in [1.82, 2.24) is 24.5 Å². The number of sulfonamides is 1. The van der Waals surface area contributed by atoms with Gasteiger partial charge in [-0.25, -0.2) is 13.4 Å². The number of carbonyl (C=O) groups excluding carboxylic acids is 4. The molecule has 0 radical (unpaired) electrons. The van der Waals surface area contributed by atoms with Crippen LogP contribution in [-0.2, 0) is 29.2 Å². The molecule has 1 N–H and O–H groups in total. The first-order valence-corrected chi connectivity index (χ1v) is 22.9. The zero-order chi connectivity index (χ0) is 41.3. The molecule has 314 valence electrons. The number of rotatable bonds is 9. The lowest BCUT2D eigenvalue weighted by atomic mass is 9.90. The number of piperidine rings is 1. The molecule has 8 rings (SSSR count). The van der Waals surface area contributed by atoms with Crippen molar-refractivity contribution in [3.05, 3.63) is 60.3 Å². The molecule has 5 heterocycles. The standard InChI is InChI=1S/C45H55N5O8S/c1-29-39(57-2)19-18-34-40(25-36(47-42(29)34)35-15-9-10-20-46-35)58-32-24-37-38(51)27-45(44(54)48-59(55,56)33-16-17-33)26-31(45)14-8-5-3-4-7-13-30(43(53)50(37)28-32)23-41(52)49-21-11-6-12-22-49/h8-10,14-15,18-20,25,30-33,37H,3-7,11-13,16-17,21-24,26-28H2,1-2H3,(H,48,54)/b14-8-/t30-,31-,32-,37+,45-/m1/s1. The van der Waals surface area contributed by atoms with E-state index in [0.29, 0.717) is 67.2 Å². The molecule has 2 saturated heterocycles. The maximum absolute atomic E-state index is 14.9. The second-order valence-electron chi connectivity index (χ2n) is 17.2. The fourth-order valence-electron chi connectivity index (χ4n) is 9.33. The molecule has 5 atom stereocenters. The quantitative estimate of drug-likeness (QED) is 0.250. The lowest BCUT2D eigenvalue weighted by molar-refractivity contribution is -0.145. The monoisotopic (exact) mass is 825 g/mol. The van der Waals surface area contributed by atoms with Crippen LogP contribution in [0.3, 0.4) is 0 Å². The molecule has 14 heteroatoms. The topological polar surface area (TPSA) is 165 Å². The molecule has 1 aromatic carbocycles. The number of benzene rings is 1. The van der Waals surface area contributed by atoms with Gasteiger partial charge in [-0.15, -0.1) is 0 Å². The fraction of sp³-hybridized carbons (Fsp3) is 0.556. The molecule has 13 nitrogen and oxygen atoms in total. The van der Waals surface area contributed by atoms with E-state index in [4.69, 9.17) is 14.5 Å². The molecule has 3 amide bonds. The fourth-order valence-corrected chi connectivity index (χ4v) is 10.7. The number of pyridine rings is 2. The Bertz CT molecular complexity index is 2240. The van der Waals surface area contributed by atoms with Crippen molar-refractivity contribution in [3.8, 4) is 22.9 Å². The van der Waals surface area contributed by atoms with Crippen molar-refractivity contribution >= 4 is 44.4 Å². The highest BCUT2D eigenvalue weighted by molar-refractivity contribution is 7.90. The normalized spacial score (nSPS) is 27.2. The smallest absolute Gasteiger partial charge is 0.240 e. The number of nitrogens with one attached hydrogen (secondary N) is 1. The minimum absolute atomic E-state index is 0.0387. The molecule has 59 heavy (non-hydrogen) atoms. The maximum atomic E-state index is 14.9. The Morgan fingerprint density at radius 1 is 0.966 bits per heavy atom. The van der Waals surface area contributed by atoms with Gasteiger partial charge in [-0.3, -0.25) is 28.9 Å². The van der Waals surface area contributed by atoms with Gasteiger partial charge in [0.25, 0.3) is 0 Å². The number of hydrogen-bond donors (Lipinski definition) is 1. The summed E-state index contributed by atoms with van der Waals surface area (Å²) in [6.07, 6.45) is 13.1. The van der Waals surface area contributed by atoms with Gasteiger partial charge in [-0.1, -0.05) is 31.1 Å². The third kappa shape index (κ3) is 8.74. The summed E-state index contributed by atoms with van der Waals surface area (Å²) in [5.41, 5.74) is 1.48. The Morgan fingerprint density at radius 3 is 2.51 bits per heavy atom. The van der Waals surface area contributed by atoms with E-state index in [1.807, 2.05) is 60.4 Å². The van der Waals surface area contributed by atoms with Crippen LogP contribution in [0.1, 0.15) is 95.5 Å². The van der Waals surface area contributed by atoms with E-state index in [0.717, 1.165) is 55.9 Å². The average Bonchev–Trinajstić information content (AvgIpc) is 4.17. The van der Waals surface area contributed by atoms with E-state index in [2.05, 4.69) is 9.71 Å². The number of amides is 3. The number of ketones is 1. The lowest BCUT2D eigenvalue weighted by Crippen LogP contribution is -2.47. The van der Waals surface area contributed by atoms with Crippen LogP contribution in [-0.4, -0.2) is 95.8 Å². The van der Waals surface area contributed by atoms with Gasteiger partial charge < -0.3 is 19.3 Å². The molecule has 2 saturated carbocycles. The second kappa shape index (κ2) is 17.0.